The highest BCUT2D eigenvalue weighted by molar-refractivity contribution is 5.81. The Morgan fingerprint density at radius 3 is 2.70 bits per heavy atom. The summed E-state index contributed by atoms with van der Waals surface area (Å²) in [5.74, 6) is -0.699. The molecule has 110 valence electrons. The summed E-state index contributed by atoms with van der Waals surface area (Å²) >= 11 is 0. The first-order valence-electron chi connectivity index (χ1n) is 6.08. The van der Waals surface area contributed by atoms with Gasteiger partial charge in [-0.05, 0) is 37.0 Å². The highest BCUT2D eigenvalue weighted by Gasteiger charge is 2.18. The van der Waals surface area contributed by atoms with Crippen molar-refractivity contribution in [3.8, 4) is 11.5 Å². The standard InChI is InChI=1S/C13H18N2O5/c1-20-11-7-8(5-6-10(11)16)3-2-4-9(12(17)18)15-13(14)19/h5-7,9,16H,2-4H2,1H3,(H,17,18)(H3,14,15,19)/t9-/m0/s1. The molecule has 0 aliphatic heterocycles. The lowest BCUT2D eigenvalue weighted by atomic mass is 10.0. The third kappa shape index (κ3) is 4.68. The summed E-state index contributed by atoms with van der Waals surface area (Å²) < 4.78 is 4.99. The minimum absolute atomic E-state index is 0.0510. The van der Waals surface area contributed by atoms with E-state index in [1.807, 2.05) is 0 Å². The first-order valence-corrected chi connectivity index (χ1v) is 6.08. The molecule has 0 bridgehead atoms. The van der Waals surface area contributed by atoms with Crippen molar-refractivity contribution in [2.45, 2.75) is 25.3 Å². The second-order valence-electron chi connectivity index (χ2n) is 4.30. The Kier molecular flexibility index (Phi) is 5.64. The van der Waals surface area contributed by atoms with E-state index in [0.717, 1.165) is 5.56 Å². The van der Waals surface area contributed by atoms with E-state index in [0.29, 0.717) is 18.6 Å². The van der Waals surface area contributed by atoms with Gasteiger partial charge in [-0.2, -0.15) is 0 Å². The molecule has 7 nitrogen and oxygen atoms in total. The van der Waals surface area contributed by atoms with E-state index in [9.17, 15) is 14.7 Å². The number of aryl methyl sites for hydroxylation is 1. The number of nitrogens with one attached hydrogen (secondary N) is 1. The minimum Gasteiger partial charge on any atom is -0.504 e. The Labute approximate surface area is 116 Å². The quantitative estimate of drug-likeness (QED) is 0.590. The largest absolute Gasteiger partial charge is 0.504 e. The van der Waals surface area contributed by atoms with Crippen LogP contribution in [0.5, 0.6) is 11.5 Å². The fourth-order valence-corrected chi connectivity index (χ4v) is 1.82. The van der Waals surface area contributed by atoms with E-state index in [1.54, 1.807) is 12.1 Å². The summed E-state index contributed by atoms with van der Waals surface area (Å²) in [7, 11) is 1.45. The van der Waals surface area contributed by atoms with Crippen LogP contribution in [0.25, 0.3) is 0 Å². The zero-order valence-corrected chi connectivity index (χ0v) is 11.1. The van der Waals surface area contributed by atoms with Gasteiger partial charge >= 0.3 is 12.0 Å². The molecule has 0 saturated heterocycles. The van der Waals surface area contributed by atoms with Crippen molar-refractivity contribution >= 4 is 12.0 Å². The summed E-state index contributed by atoms with van der Waals surface area (Å²) in [4.78, 5) is 21.6. The number of amides is 2. The maximum Gasteiger partial charge on any atom is 0.326 e. The molecule has 1 atom stereocenters. The number of ether oxygens (including phenoxy) is 1. The highest BCUT2D eigenvalue weighted by atomic mass is 16.5. The average Bonchev–Trinajstić information content (AvgIpc) is 2.38. The molecule has 1 rings (SSSR count). The first-order chi connectivity index (χ1) is 9.43. The van der Waals surface area contributed by atoms with Crippen molar-refractivity contribution in [1.29, 1.82) is 0 Å². The number of aliphatic carboxylic acids is 1. The normalized spacial score (nSPS) is 11.7. The zero-order valence-electron chi connectivity index (χ0n) is 11.1. The summed E-state index contributed by atoms with van der Waals surface area (Å²) in [5, 5.41) is 20.5. The molecule has 0 fully saturated rings. The molecule has 20 heavy (non-hydrogen) atoms. The molecule has 0 unspecified atom stereocenters. The van der Waals surface area contributed by atoms with E-state index in [1.165, 1.54) is 13.2 Å². The molecule has 0 spiro atoms. The molecule has 0 aliphatic rings. The van der Waals surface area contributed by atoms with E-state index in [4.69, 9.17) is 15.6 Å². The van der Waals surface area contributed by atoms with Crippen molar-refractivity contribution in [1.82, 2.24) is 5.32 Å². The van der Waals surface area contributed by atoms with Gasteiger partial charge in [0.1, 0.15) is 6.04 Å². The van der Waals surface area contributed by atoms with Crippen LogP contribution in [0.4, 0.5) is 4.79 Å². The number of phenolic OH excluding ortho intramolecular Hbond substituents is 1. The SMILES string of the molecule is COc1cc(CCC[C@H](NC(N)=O)C(=O)O)ccc1O. The molecular formula is C13H18N2O5. The molecule has 0 heterocycles. The maximum absolute atomic E-state index is 10.9. The maximum atomic E-state index is 10.9. The van der Waals surface area contributed by atoms with Crippen LogP contribution in [0.15, 0.2) is 18.2 Å². The zero-order chi connectivity index (χ0) is 15.1. The monoisotopic (exact) mass is 282 g/mol. The molecule has 0 aliphatic carbocycles. The van der Waals surface area contributed by atoms with E-state index in [2.05, 4.69) is 5.32 Å². The number of urea groups is 1. The van der Waals surface area contributed by atoms with Crippen LogP contribution in [-0.4, -0.2) is 35.4 Å². The van der Waals surface area contributed by atoms with Crippen LogP contribution in [0.1, 0.15) is 18.4 Å². The van der Waals surface area contributed by atoms with Gasteiger partial charge in [0.15, 0.2) is 11.5 Å². The molecular weight excluding hydrogens is 264 g/mol. The van der Waals surface area contributed by atoms with Gasteiger partial charge in [-0.1, -0.05) is 6.07 Å². The van der Waals surface area contributed by atoms with Crippen LogP contribution < -0.4 is 15.8 Å². The van der Waals surface area contributed by atoms with Crippen molar-refractivity contribution in [2.75, 3.05) is 7.11 Å². The van der Waals surface area contributed by atoms with Gasteiger partial charge in [-0.15, -0.1) is 0 Å². The van der Waals surface area contributed by atoms with Gasteiger partial charge in [0.25, 0.3) is 0 Å². The van der Waals surface area contributed by atoms with Crippen LogP contribution >= 0.6 is 0 Å². The number of rotatable bonds is 7. The molecule has 2 amide bonds. The third-order valence-corrected chi connectivity index (χ3v) is 2.82. The number of hydrogen-bond donors (Lipinski definition) is 4. The lowest BCUT2D eigenvalue weighted by Crippen LogP contribution is -2.43. The van der Waals surface area contributed by atoms with Crippen LogP contribution in [0.2, 0.25) is 0 Å². The van der Waals surface area contributed by atoms with Crippen molar-refractivity contribution in [3.63, 3.8) is 0 Å². The summed E-state index contributed by atoms with van der Waals surface area (Å²) in [6, 6.07) is 3.09. The number of primary amides is 1. The molecule has 7 heteroatoms. The topological polar surface area (TPSA) is 122 Å². The number of carbonyl (C=O) groups is 2. The fourth-order valence-electron chi connectivity index (χ4n) is 1.82. The van der Waals surface area contributed by atoms with Gasteiger partial charge in [-0.25, -0.2) is 9.59 Å². The van der Waals surface area contributed by atoms with Crippen molar-refractivity contribution in [3.05, 3.63) is 23.8 Å². The van der Waals surface area contributed by atoms with E-state index >= 15 is 0 Å². The van der Waals surface area contributed by atoms with Crippen LogP contribution in [0, 0.1) is 0 Å². The average molecular weight is 282 g/mol. The van der Waals surface area contributed by atoms with Gasteiger partial charge < -0.3 is 26.0 Å². The summed E-state index contributed by atoms with van der Waals surface area (Å²) in [6.07, 6.45) is 1.41. The number of carbonyl (C=O) groups excluding carboxylic acids is 1. The number of hydrogen-bond acceptors (Lipinski definition) is 4. The second kappa shape index (κ2) is 7.22. The van der Waals surface area contributed by atoms with Crippen LogP contribution in [-0.2, 0) is 11.2 Å². The highest BCUT2D eigenvalue weighted by Crippen LogP contribution is 2.26. The number of phenols is 1. The predicted molar refractivity (Wildman–Crippen MR) is 71.7 cm³/mol. The lowest BCUT2D eigenvalue weighted by molar-refractivity contribution is -0.139. The van der Waals surface area contributed by atoms with Crippen molar-refractivity contribution < 1.29 is 24.5 Å². The number of methoxy groups -OCH3 is 1. The fraction of sp³-hybridized carbons (Fsp3) is 0.385. The lowest BCUT2D eigenvalue weighted by Gasteiger charge is -2.12. The third-order valence-electron chi connectivity index (χ3n) is 2.82. The number of aromatic hydroxyl groups is 1. The van der Waals surface area contributed by atoms with Crippen LogP contribution in [0.3, 0.4) is 0 Å². The number of carboxylic acid groups (broad SMARTS) is 1. The van der Waals surface area contributed by atoms with E-state index in [-0.39, 0.29) is 12.2 Å². The number of nitrogens with two attached hydrogens (primary N) is 1. The first kappa shape index (κ1) is 15.6. The summed E-state index contributed by atoms with van der Waals surface area (Å²) in [5.41, 5.74) is 5.82. The molecule has 0 saturated carbocycles. The molecule has 0 aromatic heterocycles. The van der Waals surface area contributed by atoms with Crippen molar-refractivity contribution in [2.24, 2.45) is 5.73 Å². The Morgan fingerprint density at radius 1 is 1.45 bits per heavy atom. The van der Waals surface area contributed by atoms with E-state index < -0.39 is 18.0 Å². The summed E-state index contributed by atoms with van der Waals surface area (Å²) in [6.45, 7) is 0. The molecule has 5 N–H and O–H groups in total. The Morgan fingerprint density at radius 2 is 2.15 bits per heavy atom. The number of carboxylic acids is 1. The van der Waals surface area contributed by atoms with Gasteiger partial charge in [0.05, 0.1) is 7.11 Å². The van der Waals surface area contributed by atoms with Gasteiger partial charge in [0.2, 0.25) is 0 Å². The van der Waals surface area contributed by atoms with Gasteiger partial charge in [-0.3, -0.25) is 0 Å². The molecule has 0 radical (unpaired) electrons. The smallest absolute Gasteiger partial charge is 0.326 e. The predicted octanol–water partition coefficient (Wildman–Crippen LogP) is 0.845. The minimum atomic E-state index is -1.12. The molecule has 1 aromatic rings. The molecule has 1 aromatic carbocycles. The Balaban J connectivity index is 2.54. The Hall–Kier alpha value is -2.44. The number of benzene rings is 1. The second-order valence-corrected chi connectivity index (χ2v) is 4.30. The van der Waals surface area contributed by atoms with Gasteiger partial charge in [0, 0.05) is 0 Å². The Bertz CT molecular complexity index is 490.